The van der Waals surface area contributed by atoms with Gasteiger partial charge in [0.25, 0.3) is 0 Å². The molecule has 1 unspecified atom stereocenters. The average Bonchev–Trinajstić information content (AvgIpc) is 1.62. The largest absolute Gasteiger partial charge is 0.325 e. The molecule has 0 radical (unpaired) electrons. The lowest BCUT2D eigenvalue weighted by Crippen LogP contribution is -2.71. The molecule has 0 aliphatic heterocycles. The fourth-order valence-corrected chi connectivity index (χ4v) is 1.79. The Labute approximate surface area is 43.9 Å². The van der Waals surface area contributed by atoms with Crippen LogP contribution < -0.4 is 5.73 Å². The summed E-state index contributed by atoms with van der Waals surface area (Å²) in [5, 5.41) is 0. The Morgan fingerprint density at radius 1 is 1.57 bits per heavy atom. The first-order valence-corrected chi connectivity index (χ1v) is 3.01. The van der Waals surface area contributed by atoms with E-state index in [9.17, 15) is 0 Å². The standard InChI is InChI=1S/C6H11N/c1-4-5-2-6(4,7)3-5/h4-5H,2-3,7H2,1H3. The van der Waals surface area contributed by atoms with Crippen molar-refractivity contribution < 1.29 is 0 Å². The Morgan fingerprint density at radius 3 is 2.00 bits per heavy atom. The van der Waals surface area contributed by atoms with Crippen LogP contribution in [-0.4, -0.2) is 5.54 Å². The summed E-state index contributed by atoms with van der Waals surface area (Å²) in [5.41, 5.74) is 6.16. The maximum Gasteiger partial charge on any atom is 0.0188 e. The second-order valence-corrected chi connectivity index (χ2v) is 3.19. The molecule has 0 heterocycles. The second kappa shape index (κ2) is 0.752. The molecule has 3 saturated carbocycles. The van der Waals surface area contributed by atoms with Gasteiger partial charge in [-0.2, -0.15) is 0 Å². The number of hydrogen-bond donors (Lipinski definition) is 1. The monoisotopic (exact) mass is 97.1 g/mol. The van der Waals surface area contributed by atoms with Crippen LogP contribution in [-0.2, 0) is 0 Å². The molecule has 2 bridgehead atoms. The highest BCUT2D eigenvalue weighted by Gasteiger charge is 2.60. The maximum atomic E-state index is 5.83. The zero-order valence-electron chi connectivity index (χ0n) is 4.65. The molecule has 1 nitrogen and oxygen atoms in total. The van der Waals surface area contributed by atoms with Crippen LogP contribution in [0, 0.1) is 11.8 Å². The minimum absolute atomic E-state index is 0.324. The molecule has 1 atom stereocenters. The van der Waals surface area contributed by atoms with E-state index in [0.717, 1.165) is 11.8 Å². The van der Waals surface area contributed by atoms with E-state index in [4.69, 9.17) is 5.73 Å². The van der Waals surface area contributed by atoms with Crippen LogP contribution >= 0.6 is 0 Å². The Bertz CT molecular complexity index is 103. The molecule has 0 saturated heterocycles. The van der Waals surface area contributed by atoms with Gasteiger partial charge in [-0.15, -0.1) is 0 Å². The van der Waals surface area contributed by atoms with Crippen LogP contribution in [0.2, 0.25) is 0 Å². The highest BCUT2D eigenvalue weighted by Crippen LogP contribution is 2.59. The van der Waals surface area contributed by atoms with Gasteiger partial charge in [0.05, 0.1) is 0 Å². The highest BCUT2D eigenvalue weighted by molar-refractivity contribution is 5.16. The van der Waals surface area contributed by atoms with E-state index in [2.05, 4.69) is 6.92 Å². The molecule has 0 spiro atoms. The van der Waals surface area contributed by atoms with Gasteiger partial charge in [0.15, 0.2) is 0 Å². The maximum absolute atomic E-state index is 5.83. The van der Waals surface area contributed by atoms with Gasteiger partial charge in [-0.25, -0.2) is 0 Å². The minimum atomic E-state index is 0.324. The van der Waals surface area contributed by atoms with Crippen molar-refractivity contribution >= 4 is 0 Å². The molecule has 3 rings (SSSR count). The SMILES string of the molecule is CC1C2CC1(N)C2. The Balaban J connectivity index is 2.17. The predicted octanol–water partition coefficient (Wildman–Crippen LogP) is 0.744. The summed E-state index contributed by atoms with van der Waals surface area (Å²) in [6, 6.07) is 0. The summed E-state index contributed by atoms with van der Waals surface area (Å²) in [6.45, 7) is 2.26. The summed E-state index contributed by atoms with van der Waals surface area (Å²) in [7, 11) is 0. The second-order valence-electron chi connectivity index (χ2n) is 3.19. The van der Waals surface area contributed by atoms with E-state index in [-0.39, 0.29) is 0 Å². The van der Waals surface area contributed by atoms with Gasteiger partial charge in [0, 0.05) is 5.54 Å². The van der Waals surface area contributed by atoms with Crippen molar-refractivity contribution in [3.05, 3.63) is 0 Å². The van der Waals surface area contributed by atoms with Crippen molar-refractivity contribution in [3.63, 3.8) is 0 Å². The van der Waals surface area contributed by atoms with Crippen molar-refractivity contribution in [1.82, 2.24) is 0 Å². The molecule has 7 heavy (non-hydrogen) atoms. The Morgan fingerprint density at radius 2 is 2.00 bits per heavy atom. The topological polar surface area (TPSA) is 26.0 Å². The first-order valence-electron chi connectivity index (χ1n) is 3.01. The van der Waals surface area contributed by atoms with Crippen LogP contribution in [0.5, 0.6) is 0 Å². The van der Waals surface area contributed by atoms with Crippen LogP contribution in [0.25, 0.3) is 0 Å². The van der Waals surface area contributed by atoms with E-state index in [0.29, 0.717) is 5.54 Å². The van der Waals surface area contributed by atoms with Crippen molar-refractivity contribution in [1.29, 1.82) is 0 Å². The molecule has 0 amide bonds. The lowest BCUT2D eigenvalue weighted by Gasteiger charge is -2.65. The number of hydrogen-bond acceptors (Lipinski definition) is 1. The fraction of sp³-hybridized carbons (Fsp3) is 1.00. The van der Waals surface area contributed by atoms with Crippen molar-refractivity contribution in [3.8, 4) is 0 Å². The van der Waals surface area contributed by atoms with Gasteiger partial charge >= 0.3 is 0 Å². The van der Waals surface area contributed by atoms with Crippen molar-refractivity contribution in [2.24, 2.45) is 17.6 Å². The lowest BCUT2D eigenvalue weighted by molar-refractivity contribution is -0.0977. The molecule has 40 valence electrons. The lowest BCUT2D eigenvalue weighted by atomic mass is 9.43. The van der Waals surface area contributed by atoms with E-state index in [1.54, 1.807) is 0 Å². The van der Waals surface area contributed by atoms with E-state index in [1.807, 2.05) is 0 Å². The van der Waals surface area contributed by atoms with Gasteiger partial charge < -0.3 is 5.73 Å². The van der Waals surface area contributed by atoms with Gasteiger partial charge in [-0.05, 0) is 24.7 Å². The highest BCUT2D eigenvalue weighted by atomic mass is 14.9. The van der Waals surface area contributed by atoms with Gasteiger partial charge in [-0.3, -0.25) is 0 Å². The normalized spacial score (nSPS) is 66.0. The summed E-state index contributed by atoms with van der Waals surface area (Å²) in [6.07, 6.45) is 2.63. The Kier molecular flexibility index (Phi) is 0.419. The fourth-order valence-electron chi connectivity index (χ4n) is 1.79. The third-order valence-corrected chi connectivity index (χ3v) is 2.90. The summed E-state index contributed by atoms with van der Waals surface area (Å²) >= 11 is 0. The van der Waals surface area contributed by atoms with Gasteiger partial charge in [0.1, 0.15) is 0 Å². The van der Waals surface area contributed by atoms with E-state index >= 15 is 0 Å². The van der Waals surface area contributed by atoms with Crippen molar-refractivity contribution in [2.45, 2.75) is 25.3 Å². The van der Waals surface area contributed by atoms with Crippen LogP contribution in [0.1, 0.15) is 19.8 Å². The van der Waals surface area contributed by atoms with E-state index in [1.165, 1.54) is 12.8 Å². The summed E-state index contributed by atoms with van der Waals surface area (Å²) in [5.74, 6) is 1.87. The summed E-state index contributed by atoms with van der Waals surface area (Å²) < 4.78 is 0. The van der Waals surface area contributed by atoms with Crippen LogP contribution in [0.4, 0.5) is 0 Å². The number of nitrogens with two attached hydrogens (primary N) is 1. The third kappa shape index (κ3) is 0.235. The molecule has 3 fully saturated rings. The van der Waals surface area contributed by atoms with Crippen LogP contribution in [0.15, 0.2) is 0 Å². The third-order valence-electron chi connectivity index (χ3n) is 2.90. The minimum Gasteiger partial charge on any atom is -0.325 e. The van der Waals surface area contributed by atoms with Gasteiger partial charge in [-0.1, -0.05) is 6.92 Å². The molecular formula is C6H11N. The first-order chi connectivity index (χ1) is 3.22. The number of rotatable bonds is 0. The molecule has 2 N–H and O–H groups in total. The quantitative estimate of drug-likeness (QED) is 0.474. The predicted molar refractivity (Wildman–Crippen MR) is 28.8 cm³/mol. The molecule has 3 aliphatic carbocycles. The van der Waals surface area contributed by atoms with Crippen LogP contribution in [0.3, 0.4) is 0 Å². The smallest absolute Gasteiger partial charge is 0.0188 e. The molecule has 0 aromatic heterocycles. The zero-order chi connectivity index (χ0) is 5.07. The molecule has 0 aromatic rings. The zero-order valence-corrected chi connectivity index (χ0v) is 4.65. The van der Waals surface area contributed by atoms with Crippen molar-refractivity contribution in [2.75, 3.05) is 0 Å². The molecular weight excluding hydrogens is 86.1 g/mol. The van der Waals surface area contributed by atoms with E-state index < -0.39 is 0 Å². The average molecular weight is 97.2 g/mol. The molecule has 3 aliphatic rings. The molecule has 1 heteroatoms. The van der Waals surface area contributed by atoms with Gasteiger partial charge in [0.2, 0.25) is 0 Å². The molecule has 0 aromatic carbocycles. The Hall–Kier alpha value is -0.0400. The summed E-state index contributed by atoms with van der Waals surface area (Å²) in [4.78, 5) is 0. The first kappa shape index (κ1) is 3.90.